The molecular weight excluding hydrogens is 260 g/mol. The molecule has 0 aliphatic heterocycles. The fourth-order valence-electron chi connectivity index (χ4n) is 2.21. The Bertz CT molecular complexity index is 400. The summed E-state index contributed by atoms with van der Waals surface area (Å²) in [6.07, 6.45) is 5.50. The highest BCUT2D eigenvalue weighted by Gasteiger charge is 2.11. The lowest BCUT2D eigenvalue weighted by atomic mass is 10.0. The van der Waals surface area contributed by atoms with Gasteiger partial charge in [0, 0.05) is 19.0 Å². The van der Waals surface area contributed by atoms with Crippen molar-refractivity contribution >= 4 is 5.69 Å². The maximum absolute atomic E-state index is 4.74. The van der Waals surface area contributed by atoms with E-state index in [9.17, 15) is 0 Å². The highest BCUT2D eigenvalue weighted by atomic mass is 15.0. The molecule has 0 radical (unpaired) electrons. The van der Waals surface area contributed by atoms with Crippen LogP contribution in [0.25, 0.3) is 0 Å². The zero-order valence-corrected chi connectivity index (χ0v) is 14.4. The van der Waals surface area contributed by atoms with Gasteiger partial charge in [-0.3, -0.25) is 0 Å². The van der Waals surface area contributed by atoms with Crippen LogP contribution < -0.4 is 10.6 Å². The Kier molecular flexibility index (Phi) is 8.28. The van der Waals surface area contributed by atoms with Gasteiger partial charge in [0.25, 0.3) is 0 Å². The summed E-state index contributed by atoms with van der Waals surface area (Å²) in [4.78, 5) is 9.23. The molecule has 1 aromatic heterocycles. The van der Waals surface area contributed by atoms with E-state index in [4.69, 9.17) is 4.98 Å². The summed E-state index contributed by atoms with van der Waals surface area (Å²) in [7, 11) is 0. The first-order valence-corrected chi connectivity index (χ1v) is 8.42. The van der Waals surface area contributed by atoms with Gasteiger partial charge in [-0.15, -0.1) is 0 Å². The van der Waals surface area contributed by atoms with Crippen molar-refractivity contribution in [3.05, 3.63) is 17.7 Å². The van der Waals surface area contributed by atoms with Gasteiger partial charge in [-0.05, 0) is 18.9 Å². The van der Waals surface area contributed by atoms with Crippen LogP contribution >= 0.6 is 0 Å². The molecule has 0 spiro atoms. The van der Waals surface area contributed by atoms with Gasteiger partial charge in [0.05, 0.1) is 17.6 Å². The molecule has 0 bridgehead atoms. The van der Waals surface area contributed by atoms with E-state index < -0.39 is 0 Å². The minimum atomic E-state index is 0.364. The van der Waals surface area contributed by atoms with E-state index in [2.05, 4.69) is 50.2 Å². The molecule has 4 nitrogen and oxygen atoms in total. The standard InChI is InChI=1S/C17H32N4/c1-6-9-18-11-16-15(19-10-14(7-2)8-3)12-20-17(21-16)13(4)5/h12-14,18-19H,6-11H2,1-5H3. The van der Waals surface area contributed by atoms with E-state index in [1.54, 1.807) is 0 Å². The van der Waals surface area contributed by atoms with Gasteiger partial charge < -0.3 is 10.6 Å². The molecule has 120 valence electrons. The third-order valence-corrected chi connectivity index (χ3v) is 3.86. The Balaban J connectivity index is 2.79. The third-order valence-electron chi connectivity index (χ3n) is 3.86. The lowest BCUT2D eigenvalue weighted by Gasteiger charge is -2.17. The second kappa shape index (κ2) is 9.72. The summed E-state index contributed by atoms with van der Waals surface area (Å²) >= 11 is 0. The molecule has 0 fully saturated rings. The summed E-state index contributed by atoms with van der Waals surface area (Å²) in [5.74, 6) is 2.01. The van der Waals surface area contributed by atoms with Crippen LogP contribution in [-0.2, 0) is 6.54 Å². The molecule has 1 rings (SSSR count). The number of nitrogens with zero attached hydrogens (tertiary/aromatic N) is 2. The Labute approximate surface area is 130 Å². The van der Waals surface area contributed by atoms with Crippen LogP contribution in [-0.4, -0.2) is 23.1 Å². The highest BCUT2D eigenvalue weighted by molar-refractivity contribution is 5.46. The first-order valence-electron chi connectivity index (χ1n) is 8.42. The first kappa shape index (κ1) is 17.9. The molecule has 1 aromatic rings. The fourth-order valence-corrected chi connectivity index (χ4v) is 2.21. The lowest BCUT2D eigenvalue weighted by molar-refractivity contribution is 0.518. The molecule has 2 N–H and O–H groups in total. The number of aromatic nitrogens is 2. The molecule has 0 unspecified atom stereocenters. The fraction of sp³-hybridized carbons (Fsp3) is 0.765. The van der Waals surface area contributed by atoms with Crippen LogP contribution in [0.1, 0.15) is 71.3 Å². The average molecular weight is 292 g/mol. The van der Waals surface area contributed by atoms with Gasteiger partial charge in [-0.25, -0.2) is 9.97 Å². The van der Waals surface area contributed by atoms with Crippen molar-refractivity contribution in [2.24, 2.45) is 5.92 Å². The molecule has 0 aliphatic carbocycles. The number of hydrogen-bond acceptors (Lipinski definition) is 4. The Hall–Kier alpha value is -1.16. The molecule has 4 heteroatoms. The van der Waals surface area contributed by atoms with Crippen LogP contribution in [0.3, 0.4) is 0 Å². The Morgan fingerprint density at radius 2 is 1.86 bits per heavy atom. The Morgan fingerprint density at radius 1 is 1.14 bits per heavy atom. The summed E-state index contributed by atoms with van der Waals surface area (Å²) in [6, 6.07) is 0. The molecular formula is C17H32N4. The zero-order valence-electron chi connectivity index (χ0n) is 14.4. The number of anilines is 1. The Morgan fingerprint density at radius 3 is 2.43 bits per heavy atom. The van der Waals surface area contributed by atoms with Gasteiger partial charge in [0.15, 0.2) is 0 Å². The van der Waals surface area contributed by atoms with Crippen LogP contribution in [0, 0.1) is 5.92 Å². The van der Waals surface area contributed by atoms with Crippen LogP contribution in [0.5, 0.6) is 0 Å². The number of hydrogen-bond donors (Lipinski definition) is 2. The minimum absolute atomic E-state index is 0.364. The van der Waals surface area contributed by atoms with E-state index in [-0.39, 0.29) is 0 Å². The summed E-state index contributed by atoms with van der Waals surface area (Å²) < 4.78 is 0. The number of rotatable bonds is 10. The topological polar surface area (TPSA) is 49.8 Å². The molecule has 0 saturated heterocycles. The van der Waals surface area contributed by atoms with Crippen molar-refractivity contribution < 1.29 is 0 Å². The zero-order chi connectivity index (χ0) is 15.7. The minimum Gasteiger partial charge on any atom is -0.382 e. The van der Waals surface area contributed by atoms with Crippen molar-refractivity contribution in [2.75, 3.05) is 18.4 Å². The van der Waals surface area contributed by atoms with Crippen molar-refractivity contribution in [1.82, 2.24) is 15.3 Å². The van der Waals surface area contributed by atoms with Crippen molar-refractivity contribution in [2.45, 2.75) is 66.3 Å². The highest BCUT2D eigenvalue weighted by Crippen LogP contribution is 2.18. The summed E-state index contributed by atoms with van der Waals surface area (Å²) in [5.41, 5.74) is 2.17. The average Bonchev–Trinajstić information content (AvgIpc) is 2.49. The molecule has 0 atom stereocenters. The normalized spacial score (nSPS) is 11.4. The van der Waals surface area contributed by atoms with Gasteiger partial charge >= 0.3 is 0 Å². The van der Waals surface area contributed by atoms with Crippen molar-refractivity contribution in [1.29, 1.82) is 0 Å². The number of nitrogens with one attached hydrogen (secondary N) is 2. The maximum Gasteiger partial charge on any atom is 0.131 e. The third kappa shape index (κ3) is 6.00. The molecule has 0 saturated carbocycles. The van der Waals surface area contributed by atoms with Gasteiger partial charge in [0.2, 0.25) is 0 Å². The maximum atomic E-state index is 4.74. The van der Waals surface area contributed by atoms with Gasteiger partial charge in [-0.1, -0.05) is 47.5 Å². The lowest BCUT2D eigenvalue weighted by Crippen LogP contribution is -2.20. The molecule has 1 heterocycles. The van der Waals surface area contributed by atoms with E-state index >= 15 is 0 Å². The SMILES string of the molecule is CCCNCc1nc(C(C)C)ncc1NCC(CC)CC. The first-order chi connectivity index (χ1) is 10.1. The van der Waals surface area contributed by atoms with E-state index in [1.165, 1.54) is 12.8 Å². The van der Waals surface area contributed by atoms with Crippen LogP contribution in [0.4, 0.5) is 5.69 Å². The van der Waals surface area contributed by atoms with Gasteiger partial charge in [-0.2, -0.15) is 0 Å². The predicted octanol–water partition coefficient (Wildman–Crippen LogP) is 3.95. The summed E-state index contributed by atoms with van der Waals surface area (Å²) in [5, 5.41) is 6.99. The van der Waals surface area contributed by atoms with E-state index in [1.807, 2.05) is 6.20 Å². The van der Waals surface area contributed by atoms with Crippen molar-refractivity contribution in [3.8, 4) is 0 Å². The largest absolute Gasteiger partial charge is 0.382 e. The molecule has 21 heavy (non-hydrogen) atoms. The molecule has 0 amide bonds. The van der Waals surface area contributed by atoms with Crippen molar-refractivity contribution in [3.63, 3.8) is 0 Å². The summed E-state index contributed by atoms with van der Waals surface area (Å²) in [6.45, 7) is 13.8. The van der Waals surface area contributed by atoms with Crippen LogP contribution in [0.15, 0.2) is 6.20 Å². The van der Waals surface area contributed by atoms with E-state index in [0.717, 1.165) is 43.3 Å². The van der Waals surface area contributed by atoms with Crippen LogP contribution in [0.2, 0.25) is 0 Å². The second-order valence-electron chi connectivity index (χ2n) is 5.98. The van der Waals surface area contributed by atoms with Gasteiger partial charge in [0.1, 0.15) is 5.82 Å². The quantitative estimate of drug-likeness (QED) is 0.641. The smallest absolute Gasteiger partial charge is 0.131 e. The molecule has 0 aliphatic rings. The van der Waals surface area contributed by atoms with E-state index in [0.29, 0.717) is 11.8 Å². The second-order valence-corrected chi connectivity index (χ2v) is 5.98. The molecule has 0 aromatic carbocycles. The monoisotopic (exact) mass is 292 g/mol. The predicted molar refractivity (Wildman–Crippen MR) is 90.7 cm³/mol.